The molecule has 0 aliphatic carbocycles. The van der Waals surface area contributed by atoms with Crippen LogP contribution in [0.15, 0.2) is 77.1 Å². The number of amides is 2. The molecule has 0 saturated carbocycles. The molecule has 2 amide bonds. The van der Waals surface area contributed by atoms with Crippen molar-refractivity contribution in [1.82, 2.24) is 30.8 Å². The second kappa shape index (κ2) is 17.0. The fourth-order valence-corrected chi connectivity index (χ4v) is 4.94. The summed E-state index contributed by atoms with van der Waals surface area (Å²) in [5, 5.41) is 22.8. The molecule has 4 N–H and O–H groups in total. The molecule has 0 atom stereocenters. The van der Waals surface area contributed by atoms with Gasteiger partial charge in [-0.25, -0.2) is 19.5 Å². The molecular weight excluding hydrogens is 665 g/mol. The standard InChI is InChI=1S/C32H33F3N8O5S/c1-20-15-26(47-3)16-21(2)28(20)40-30(49-18-27(44)36-13-4-14-37-31(45)46)41-39-17-22-5-7-23(8-6-22)29-38-19-43(42-29)24-9-11-25(12-10-24)48-32(33,34)35/h5-12,15-17,19,37H,4,13-14,18H2,1-3H3,(H,36,44)(H,40,41)(H,45,46)/b39-17+. The Bertz CT molecular complexity index is 1770. The van der Waals surface area contributed by atoms with Crippen molar-refractivity contribution in [3.05, 3.63) is 83.7 Å². The van der Waals surface area contributed by atoms with Crippen molar-refractivity contribution in [3.63, 3.8) is 0 Å². The molecule has 0 bridgehead atoms. The highest BCUT2D eigenvalue weighted by molar-refractivity contribution is 8.14. The van der Waals surface area contributed by atoms with Crippen LogP contribution in [0, 0.1) is 13.8 Å². The van der Waals surface area contributed by atoms with E-state index in [0.29, 0.717) is 46.6 Å². The Morgan fingerprint density at radius 1 is 1.00 bits per heavy atom. The highest BCUT2D eigenvalue weighted by Gasteiger charge is 2.31. The molecule has 4 aromatic rings. The van der Waals surface area contributed by atoms with Gasteiger partial charge in [-0.15, -0.1) is 18.3 Å². The summed E-state index contributed by atoms with van der Waals surface area (Å²) < 4.78 is 48.0. The van der Waals surface area contributed by atoms with E-state index in [1.54, 1.807) is 37.6 Å². The van der Waals surface area contributed by atoms with Crippen LogP contribution in [-0.4, -0.2) is 75.6 Å². The van der Waals surface area contributed by atoms with Gasteiger partial charge in [-0.2, -0.15) is 5.10 Å². The fraction of sp³-hybridized carbons (Fsp3) is 0.250. The molecule has 3 aromatic carbocycles. The van der Waals surface area contributed by atoms with Gasteiger partial charge in [-0.1, -0.05) is 36.0 Å². The second-order valence-electron chi connectivity index (χ2n) is 10.3. The van der Waals surface area contributed by atoms with E-state index in [2.05, 4.69) is 36.0 Å². The van der Waals surface area contributed by atoms with Crippen molar-refractivity contribution in [1.29, 1.82) is 0 Å². The quantitative estimate of drug-likeness (QED) is 0.0604. The number of alkyl halides is 3. The number of hydrazone groups is 1. The van der Waals surface area contributed by atoms with Crippen molar-refractivity contribution in [2.75, 3.05) is 26.0 Å². The highest BCUT2D eigenvalue weighted by atomic mass is 32.2. The number of carbonyl (C=O) groups excluding carboxylic acids is 1. The number of carboxylic acid groups (broad SMARTS) is 1. The first kappa shape index (κ1) is 36.3. The summed E-state index contributed by atoms with van der Waals surface area (Å²) in [7, 11) is 1.59. The van der Waals surface area contributed by atoms with Crippen LogP contribution in [0.5, 0.6) is 11.5 Å². The normalized spacial score (nSPS) is 11.8. The highest BCUT2D eigenvalue weighted by Crippen LogP contribution is 2.29. The minimum atomic E-state index is -4.77. The van der Waals surface area contributed by atoms with Crippen molar-refractivity contribution in [3.8, 4) is 28.6 Å². The molecule has 13 nitrogen and oxygen atoms in total. The third kappa shape index (κ3) is 11.6. The Morgan fingerprint density at radius 3 is 2.31 bits per heavy atom. The van der Waals surface area contributed by atoms with Gasteiger partial charge in [-0.3, -0.25) is 10.2 Å². The fourth-order valence-electron chi connectivity index (χ4n) is 4.30. The summed E-state index contributed by atoms with van der Waals surface area (Å²) in [6.45, 7) is 4.35. The maximum atomic E-state index is 12.4. The molecule has 0 spiro atoms. The van der Waals surface area contributed by atoms with Crippen LogP contribution in [0.3, 0.4) is 0 Å². The number of thioether (sulfide) groups is 1. The van der Waals surface area contributed by atoms with Crippen molar-refractivity contribution in [2.24, 2.45) is 10.1 Å². The lowest BCUT2D eigenvalue weighted by molar-refractivity contribution is -0.274. The number of hydrogen-bond donors (Lipinski definition) is 4. The van der Waals surface area contributed by atoms with Crippen LogP contribution in [0.25, 0.3) is 17.1 Å². The van der Waals surface area contributed by atoms with Crippen LogP contribution in [0.4, 0.5) is 23.7 Å². The van der Waals surface area contributed by atoms with Gasteiger partial charge in [-0.05, 0) is 73.4 Å². The van der Waals surface area contributed by atoms with Gasteiger partial charge in [0.1, 0.15) is 17.8 Å². The molecule has 0 aliphatic rings. The topological polar surface area (TPSA) is 164 Å². The summed E-state index contributed by atoms with van der Waals surface area (Å²) in [6.07, 6.45) is -2.41. The molecule has 17 heteroatoms. The van der Waals surface area contributed by atoms with Crippen LogP contribution >= 0.6 is 11.8 Å². The predicted molar refractivity (Wildman–Crippen MR) is 180 cm³/mol. The molecule has 0 fully saturated rings. The number of halogens is 3. The third-order valence-corrected chi connectivity index (χ3v) is 7.44. The predicted octanol–water partition coefficient (Wildman–Crippen LogP) is 5.58. The number of nitrogens with one attached hydrogen (secondary N) is 3. The van der Waals surface area contributed by atoms with E-state index in [1.165, 1.54) is 35.3 Å². The Kier molecular flexibility index (Phi) is 12.6. The molecule has 0 saturated heterocycles. The Labute approximate surface area is 283 Å². The Morgan fingerprint density at radius 2 is 1.67 bits per heavy atom. The van der Waals surface area contributed by atoms with Crippen LogP contribution in [0.1, 0.15) is 23.1 Å². The van der Waals surface area contributed by atoms with Gasteiger partial charge in [0.2, 0.25) is 5.91 Å². The molecule has 258 valence electrons. The van der Waals surface area contributed by atoms with E-state index in [9.17, 15) is 22.8 Å². The first-order valence-corrected chi connectivity index (χ1v) is 15.7. The number of carbonyl (C=O) groups is 2. The minimum absolute atomic E-state index is 0.0434. The zero-order valence-electron chi connectivity index (χ0n) is 26.6. The van der Waals surface area contributed by atoms with E-state index >= 15 is 0 Å². The molecule has 1 aromatic heterocycles. The van der Waals surface area contributed by atoms with E-state index in [1.807, 2.05) is 26.0 Å². The van der Waals surface area contributed by atoms with E-state index in [-0.39, 0.29) is 24.0 Å². The molecule has 4 rings (SSSR count). The zero-order chi connectivity index (χ0) is 35.4. The molecule has 0 radical (unpaired) electrons. The molecule has 0 unspecified atom stereocenters. The smallest absolute Gasteiger partial charge is 0.497 e. The minimum Gasteiger partial charge on any atom is -0.497 e. The second-order valence-corrected chi connectivity index (χ2v) is 11.3. The van der Waals surface area contributed by atoms with E-state index in [4.69, 9.17) is 14.8 Å². The Balaban J connectivity index is 1.41. The van der Waals surface area contributed by atoms with Gasteiger partial charge in [0.05, 0.1) is 30.5 Å². The average Bonchev–Trinajstić information content (AvgIpc) is 3.55. The number of amidine groups is 1. The number of hydrogen-bond acceptors (Lipinski definition) is 9. The van der Waals surface area contributed by atoms with Crippen molar-refractivity contribution in [2.45, 2.75) is 26.6 Å². The summed E-state index contributed by atoms with van der Waals surface area (Å²) in [5.41, 5.74) is 7.31. The van der Waals surface area contributed by atoms with Gasteiger partial charge in [0.15, 0.2) is 11.0 Å². The molecule has 1 heterocycles. The van der Waals surface area contributed by atoms with Crippen molar-refractivity contribution < 1.29 is 37.3 Å². The van der Waals surface area contributed by atoms with Gasteiger partial charge >= 0.3 is 12.5 Å². The molecular formula is C32H33F3N8O5S. The van der Waals surface area contributed by atoms with E-state index < -0.39 is 12.5 Å². The lowest BCUT2D eigenvalue weighted by atomic mass is 10.1. The number of rotatable bonds is 13. The SMILES string of the molecule is COc1cc(C)c(/N=C(/N/N=C/c2ccc(-c3ncn(-c4ccc(OC(F)(F)F)cc4)n3)cc2)SCC(=O)NCCCNC(=O)O)c(C)c1. The molecule has 0 aliphatic heterocycles. The van der Waals surface area contributed by atoms with E-state index in [0.717, 1.165) is 28.5 Å². The number of aryl methyl sites for hydroxylation is 2. The van der Waals surface area contributed by atoms with Crippen molar-refractivity contribution >= 4 is 40.8 Å². The lowest BCUT2D eigenvalue weighted by Crippen LogP contribution is -2.30. The Hall–Kier alpha value is -5.58. The summed E-state index contributed by atoms with van der Waals surface area (Å²) in [6, 6.07) is 16.2. The number of aliphatic imine (C=N–C) groups is 1. The average molecular weight is 699 g/mol. The monoisotopic (exact) mass is 698 g/mol. The lowest BCUT2D eigenvalue weighted by Gasteiger charge is -2.11. The largest absolute Gasteiger partial charge is 0.573 e. The number of aromatic nitrogens is 3. The van der Waals surface area contributed by atoms with Crippen LogP contribution < -0.4 is 25.5 Å². The number of ether oxygens (including phenoxy) is 2. The van der Waals surface area contributed by atoms with Gasteiger partial charge < -0.3 is 25.2 Å². The third-order valence-electron chi connectivity index (χ3n) is 6.57. The number of benzene rings is 3. The van der Waals surface area contributed by atoms with Gasteiger partial charge in [0.25, 0.3) is 0 Å². The van der Waals surface area contributed by atoms with Crippen LogP contribution in [-0.2, 0) is 4.79 Å². The summed E-state index contributed by atoms with van der Waals surface area (Å²) >= 11 is 1.16. The maximum absolute atomic E-state index is 12.4. The number of methoxy groups -OCH3 is 1. The van der Waals surface area contributed by atoms with Crippen LogP contribution in [0.2, 0.25) is 0 Å². The van der Waals surface area contributed by atoms with Gasteiger partial charge in [0, 0.05) is 18.7 Å². The number of nitrogens with zero attached hydrogens (tertiary/aromatic N) is 5. The first-order chi connectivity index (χ1) is 23.4. The molecule has 49 heavy (non-hydrogen) atoms. The maximum Gasteiger partial charge on any atom is 0.573 e. The summed E-state index contributed by atoms with van der Waals surface area (Å²) in [5.74, 6) is 0.564. The first-order valence-electron chi connectivity index (χ1n) is 14.7. The zero-order valence-corrected chi connectivity index (χ0v) is 27.4. The summed E-state index contributed by atoms with van der Waals surface area (Å²) in [4.78, 5) is 32.0.